The molecule has 1 amide bonds. The van der Waals surface area contributed by atoms with Crippen molar-refractivity contribution in [1.29, 1.82) is 0 Å². The van der Waals surface area contributed by atoms with Crippen LogP contribution in [0.5, 0.6) is 0 Å². The number of nitrogens with zero attached hydrogens (tertiary/aromatic N) is 3. The van der Waals surface area contributed by atoms with Gasteiger partial charge in [-0.05, 0) is 32.9 Å². The molecule has 0 atom stereocenters. The number of carbonyl (C=O) groups excluding carboxylic acids is 1. The molecule has 18 heavy (non-hydrogen) atoms. The van der Waals surface area contributed by atoms with Crippen LogP contribution in [-0.2, 0) is 4.74 Å². The van der Waals surface area contributed by atoms with Crippen molar-refractivity contribution >= 4 is 29.3 Å². The fourth-order valence-electron chi connectivity index (χ4n) is 1.36. The predicted molar refractivity (Wildman–Crippen MR) is 67.9 cm³/mol. The van der Waals surface area contributed by atoms with Crippen molar-refractivity contribution in [3.8, 4) is 0 Å². The van der Waals surface area contributed by atoms with Crippen LogP contribution in [0.15, 0.2) is 18.3 Å². The van der Waals surface area contributed by atoms with E-state index >= 15 is 0 Å². The minimum atomic E-state index is -0.586. The van der Waals surface area contributed by atoms with Crippen LogP contribution in [0.3, 0.4) is 0 Å². The lowest BCUT2D eigenvalue weighted by Gasteiger charge is -2.19. The second kappa shape index (κ2) is 4.45. The van der Waals surface area contributed by atoms with E-state index in [1.54, 1.807) is 43.5 Å². The zero-order chi connectivity index (χ0) is 13.3. The molecule has 0 unspecified atom stereocenters. The predicted octanol–water partition coefficient (Wildman–Crippen LogP) is 2.73. The second-order valence-electron chi connectivity index (χ2n) is 4.70. The van der Waals surface area contributed by atoms with Gasteiger partial charge in [-0.3, -0.25) is 9.72 Å². The Hall–Kier alpha value is -1.82. The summed E-state index contributed by atoms with van der Waals surface area (Å²) >= 11 is 5.95. The lowest BCUT2D eigenvalue weighted by molar-refractivity contribution is 0.0634. The molecule has 0 fully saturated rings. The summed E-state index contributed by atoms with van der Waals surface area (Å²) in [6.45, 7) is 5.35. The van der Waals surface area contributed by atoms with Gasteiger partial charge in [0.05, 0.1) is 5.02 Å². The number of rotatable bonds is 1. The summed E-state index contributed by atoms with van der Waals surface area (Å²) in [6, 6.07) is 3.43. The largest absolute Gasteiger partial charge is 0.444 e. The molecule has 2 heterocycles. The maximum absolute atomic E-state index is 11.6. The first-order valence-corrected chi connectivity index (χ1v) is 5.74. The van der Waals surface area contributed by atoms with Crippen molar-refractivity contribution in [3.63, 3.8) is 0 Å². The number of amides is 1. The van der Waals surface area contributed by atoms with Crippen LogP contribution >= 0.6 is 11.6 Å². The number of halogens is 1. The molecule has 0 bridgehead atoms. The van der Waals surface area contributed by atoms with Gasteiger partial charge < -0.3 is 4.74 Å². The molecule has 0 aliphatic heterocycles. The normalized spacial score (nSPS) is 11.6. The standard InChI is InChI=1S/C11H13ClN4O2/c1-11(2,3)18-10(17)13-9-15-14-8-7(12)5-4-6-16(8)9/h4-6H,1-3H3,(H,13,15,17). The van der Waals surface area contributed by atoms with E-state index in [-0.39, 0.29) is 5.95 Å². The van der Waals surface area contributed by atoms with Crippen molar-refractivity contribution < 1.29 is 9.53 Å². The molecule has 0 aromatic carbocycles. The number of nitrogens with one attached hydrogen (secondary N) is 1. The minimum Gasteiger partial charge on any atom is -0.444 e. The van der Waals surface area contributed by atoms with Gasteiger partial charge in [0.2, 0.25) is 5.95 Å². The minimum absolute atomic E-state index is 0.266. The van der Waals surface area contributed by atoms with Gasteiger partial charge in [0.25, 0.3) is 0 Å². The Bertz CT molecular complexity index is 588. The third-order valence-electron chi connectivity index (χ3n) is 2.00. The molecule has 2 rings (SSSR count). The molecular weight excluding hydrogens is 256 g/mol. The number of hydrogen-bond acceptors (Lipinski definition) is 4. The summed E-state index contributed by atoms with van der Waals surface area (Å²) in [6.07, 6.45) is 1.12. The van der Waals surface area contributed by atoms with Crippen LogP contribution in [0.2, 0.25) is 5.02 Å². The molecule has 0 aliphatic carbocycles. The third kappa shape index (κ3) is 2.70. The zero-order valence-electron chi connectivity index (χ0n) is 10.3. The quantitative estimate of drug-likeness (QED) is 0.863. The monoisotopic (exact) mass is 268 g/mol. The molecule has 6 nitrogen and oxygen atoms in total. The number of hydrogen-bond donors (Lipinski definition) is 1. The van der Waals surface area contributed by atoms with Crippen LogP contribution < -0.4 is 5.32 Å². The smallest absolute Gasteiger partial charge is 0.414 e. The van der Waals surface area contributed by atoms with Crippen LogP contribution in [0, 0.1) is 0 Å². The highest BCUT2D eigenvalue weighted by Crippen LogP contribution is 2.18. The number of anilines is 1. The van der Waals surface area contributed by atoms with Gasteiger partial charge in [0, 0.05) is 6.20 Å². The molecule has 0 saturated carbocycles. The van der Waals surface area contributed by atoms with Crippen molar-refractivity contribution in [1.82, 2.24) is 14.6 Å². The summed E-state index contributed by atoms with van der Waals surface area (Å²) in [5.41, 5.74) is -0.0902. The average molecular weight is 269 g/mol. The molecule has 0 saturated heterocycles. The Morgan fingerprint density at radius 2 is 2.17 bits per heavy atom. The molecule has 96 valence electrons. The zero-order valence-corrected chi connectivity index (χ0v) is 11.0. The first-order chi connectivity index (χ1) is 8.37. The number of aromatic nitrogens is 3. The van der Waals surface area contributed by atoms with Gasteiger partial charge in [-0.25, -0.2) is 4.79 Å². The van der Waals surface area contributed by atoms with E-state index in [4.69, 9.17) is 16.3 Å². The highest BCUT2D eigenvalue weighted by molar-refractivity contribution is 6.33. The van der Waals surface area contributed by atoms with E-state index in [0.717, 1.165) is 0 Å². The van der Waals surface area contributed by atoms with Gasteiger partial charge >= 0.3 is 6.09 Å². The van der Waals surface area contributed by atoms with E-state index < -0.39 is 11.7 Å². The van der Waals surface area contributed by atoms with Crippen LogP contribution in [0.1, 0.15) is 20.8 Å². The van der Waals surface area contributed by atoms with Crippen LogP contribution in [-0.4, -0.2) is 26.3 Å². The van der Waals surface area contributed by atoms with Gasteiger partial charge in [-0.15, -0.1) is 10.2 Å². The highest BCUT2D eigenvalue weighted by Gasteiger charge is 2.18. The van der Waals surface area contributed by atoms with E-state index in [9.17, 15) is 4.79 Å². The molecule has 1 N–H and O–H groups in total. The van der Waals surface area contributed by atoms with E-state index in [1.165, 1.54) is 0 Å². The number of fused-ring (bicyclic) bond motifs is 1. The Labute approximate surface area is 109 Å². The molecule has 2 aromatic heterocycles. The Morgan fingerprint density at radius 3 is 2.83 bits per heavy atom. The lowest BCUT2D eigenvalue weighted by atomic mass is 10.2. The molecule has 0 aliphatic rings. The second-order valence-corrected chi connectivity index (χ2v) is 5.11. The molecule has 0 radical (unpaired) electrons. The number of ether oxygens (including phenoxy) is 1. The fraction of sp³-hybridized carbons (Fsp3) is 0.364. The maximum atomic E-state index is 11.6. The summed E-state index contributed by atoms with van der Waals surface area (Å²) in [5, 5.41) is 10.7. The summed E-state index contributed by atoms with van der Waals surface area (Å²) in [7, 11) is 0. The Kier molecular flexibility index (Phi) is 3.13. The lowest BCUT2D eigenvalue weighted by Crippen LogP contribution is -2.27. The first-order valence-electron chi connectivity index (χ1n) is 5.36. The fourth-order valence-corrected chi connectivity index (χ4v) is 1.57. The van der Waals surface area contributed by atoms with E-state index in [0.29, 0.717) is 10.7 Å². The van der Waals surface area contributed by atoms with Gasteiger partial charge in [-0.1, -0.05) is 11.6 Å². The number of pyridine rings is 1. The molecular formula is C11H13ClN4O2. The van der Waals surface area contributed by atoms with Gasteiger partial charge in [-0.2, -0.15) is 0 Å². The molecule has 7 heteroatoms. The number of carbonyl (C=O) groups is 1. The topological polar surface area (TPSA) is 68.5 Å². The maximum Gasteiger partial charge on any atom is 0.414 e. The van der Waals surface area contributed by atoms with Gasteiger partial charge in [0.1, 0.15) is 5.60 Å². The Balaban J connectivity index is 2.23. The Morgan fingerprint density at radius 1 is 1.44 bits per heavy atom. The van der Waals surface area contributed by atoms with Crippen molar-refractivity contribution in [3.05, 3.63) is 23.4 Å². The summed E-state index contributed by atoms with van der Waals surface area (Å²) < 4.78 is 6.70. The molecule has 2 aromatic rings. The first kappa shape index (κ1) is 12.6. The highest BCUT2D eigenvalue weighted by atomic mass is 35.5. The summed E-state index contributed by atoms with van der Waals surface area (Å²) in [4.78, 5) is 11.6. The van der Waals surface area contributed by atoms with Crippen LogP contribution in [0.25, 0.3) is 5.65 Å². The van der Waals surface area contributed by atoms with Gasteiger partial charge in [0.15, 0.2) is 5.65 Å². The average Bonchev–Trinajstić information content (AvgIpc) is 2.60. The van der Waals surface area contributed by atoms with Crippen molar-refractivity contribution in [2.24, 2.45) is 0 Å². The molecule has 0 spiro atoms. The van der Waals surface area contributed by atoms with E-state index in [1.807, 2.05) is 0 Å². The third-order valence-corrected chi connectivity index (χ3v) is 2.29. The van der Waals surface area contributed by atoms with Crippen molar-refractivity contribution in [2.45, 2.75) is 26.4 Å². The SMILES string of the molecule is CC(C)(C)OC(=O)Nc1nnc2c(Cl)cccn12. The van der Waals surface area contributed by atoms with Crippen molar-refractivity contribution in [2.75, 3.05) is 5.32 Å². The van der Waals surface area contributed by atoms with Crippen LogP contribution in [0.4, 0.5) is 10.7 Å². The van der Waals surface area contributed by atoms with E-state index in [2.05, 4.69) is 15.5 Å². The summed E-state index contributed by atoms with van der Waals surface area (Å²) in [5.74, 6) is 0.266.